The van der Waals surface area contributed by atoms with Gasteiger partial charge in [-0.3, -0.25) is 0 Å². The van der Waals surface area contributed by atoms with E-state index in [1.165, 1.54) is 4.90 Å². The topological polar surface area (TPSA) is 44.4 Å². The Bertz CT molecular complexity index is 247. The molecule has 1 aliphatic heterocycles. The second-order valence-electron chi connectivity index (χ2n) is 4.12. The molecule has 0 aliphatic carbocycles. The molecule has 1 heterocycles. The lowest BCUT2D eigenvalue weighted by Gasteiger charge is -2.32. The molecular formula is C9H16F3N3O. The van der Waals surface area contributed by atoms with Gasteiger partial charge in [-0.25, -0.2) is 4.79 Å². The zero-order valence-electron chi connectivity index (χ0n) is 9.27. The van der Waals surface area contributed by atoms with E-state index in [1.807, 2.05) is 0 Å². The molecule has 0 aromatic heterocycles. The van der Waals surface area contributed by atoms with E-state index in [2.05, 4.69) is 10.6 Å². The van der Waals surface area contributed by atoms with Gasteiger partial charge in [-0.1, -0.05) is 0 Å². The zero-order chi connectivity index (χ0) is 12.3. The molecule has 2 N–H and O–H groups in total. The number of nitrogens with one attached hydrogen (secondary N) is 2. The number of urea groups is 1. The summed E-state index contributed by atoms with van der Waals surface area (Å²) in [6.07, 6.45) is -3.85. The Balaban J connectivity index is 2.35. The molecule has 1 saturated heterocycles. The number of rotatable bonds is 1. The maximum absolute atomic E-state index is 12.3. The van der Waals surface area contributed by atoms with Crippen molar-refractivity contribution in [2.45, 2.75) is 31.1 Å². The Morgan fingerprint density at radius 3 is 2.38 bits per heavy atom. The van der Waals surface area contributed by atoms with E-state index >= 15 is 0 Å². The molecule has 94 valence electrons. The van der Waals surface area contributed by atoms with Crippen molar-refractivity contribution < 1.29 is 18.0 Å². The summed E-state index contributed by atoms with van der Waals surface area (Å²) in [6, 6.07) is -1.95. The SMILES string of the molecule is CN(C)C(=O)NC1CCC(C(F)(F)F)NC1. The molecule has 1 aliphatic rings. The first-order valence-electron chi connectivity index (χ1n) is 5.08. The van der Waals surface area contributed by atoms with Crippen LogP contribution in [-0.2, 0) is 0 Å². The zero-order valence-corrected chi connectivity index (χ0v) is 9.27. The monoisotopic (exact) mass is 239 g/mol. The van der Waals surface area contributed by atoms with E-state index in [4.69, 9.17) is 0 Å². The van der Waals surface area contributed by atoms with Crippen molar-refractivity contribution in [2.24, 2.45) is 0 Å². The van der Waals surface area contributed by atoms with E-state index < -0.39 is 12.2 Å². The van der Waals surface area contributed by atoms with Crippen molar-refractivity contribution in [3.63, 3.8) is 0 Å². The third kappa shape index (κ3) is 3.55. The molecule has 0 aromatic rings. The largest absolute Gasteiger partial charge is 0.403 e. The Labute approximate surface area is 92.2 Å². The number of piperidine rings is 1. The maximum atomic E-state index is 12.3. The van der Waals surface area contributed by atoms with Crippen LogP contribution in [0.2, 0.25) is 0 Å². The van der Waals surface area contributed by atoms with Crippen LogP contribution in [0, 0.1) is 0 Å². The highest BCUT2D eigenvalue weighted by Gasteiger charge is 2.41. The molecule has 7 heteroatoms. The molecule has 2 atom stereocenters. The molecule has 0 saturated carbocycles. The van der Waals surface area contributed by atoms with Crippen LogP contribution in [0.1, 0.15) is 12.8 Å². The van der Waals surface area contributed by atoms with Gasteiger partial charge in [0.25, 0.3) is 0 Å². The molecule has 0 bridgehead atoms. The summed E-state index contributed by atoms with van der Waals surface area (Å²) in [4.78, 5) is 12.6. The summed E-state index contributed by atoms with van der Waals surface area (Å²) in [5.74, 6) is 0. The van der Waals surface area contributed by atoms with Crippen LogP contribution < -0.4 is 10.6 Å². The number of amides is 2. The van der Waals surface area contributed by atoms with Crippen molar-refractivity contribution in [3.05, 3.63) is 0 Å². The average Bonchev–Trinajstić information content (AvgIpc) is 2.17. The second kappa shape index (κ2) is 4.90. The van der Waals surface area contributed by atoms with Gasteiger partial charge in [-0.2, -0.15) is 13.2 Å². The standard InChI is InChI=1S/C9H16F3N3O/c1-15(2)8(16)14-6-3-4-7(13-5-6)9(10,11)12/h6-7,13H,3-5H2,1-2H3,(H,14,16). The molecule has 1 fully saturated rings. The van der Waals surface area contributed by atoms with Gasteiger partial charge in [-0.15, -0.1) is 0 Å². The molecule has 2 amide bonds. The lowest BCUT2D eigenvalue weighted by atomic mass is 10.0. The fraction of sp³-hybridized carbons (Fsp3) is 0.889. The highest BCUT2D eigenvalue weighted by Crippen LogP contribution is 2.26. The van der Waals surface area contributed by atoms with Crippen LogP contribution in [-0.4, -0.2) is 49.8 Å². The summed E-state index contributed by atoms with van der Waals surface area (Å²) < 4.78 is 36.9. The van der Waals surface area contributed by atoms with Crippen molar-refractivity contribution in [1.82, 2.24) is 15.5 Å². The Hall–Kier alpha value is -0.980. The van der Waals surface area contributed by atoms with E-state index in [-0.39, 0.29) is 25.0 Å². The number of carbonyl (C=O) groups is 1. The van der Waals surface area contributed by atoms with Gasteiger partial charge in [0.05, 0.1) is 0 Å². The molecule has 1 rings (SSSR count). The van der Waals surface area contributed by atoms with Crippen molar-refractivity contribution in [1.29, 1.82) is 0 Å². The molecule has 2 unspecified atom stereocenters. The normalized spacial score (nSPS) is 26.3. The summed E-state index contributed by atoms with van der Waals surface area (Å²) in [5.41, 5.74) is 0. The summed E-state index contributed by atoms with van der Waals surface area (Å²) in [7, 11) is 3.17. The smallest absolute Gasteiger partial charge is 0.334 e. The van der Waals surface area contributed by atoms with E-state index in [0.717, 1.165) is 0 Å². The highest BCUT2D eigenvalue weighted by atomic mass is 19.4. The number of nitrogens with zero attached hydrogens (tertiary/aromatic N) is 1. The average molecular weight is 239 g/mol. The number of halogens is 3. The lowest BCUT2D eigenvalue weighted by Crippen LogP contribution is -2.55. The van der Waals surface area contributed by atoms with Crippen LogP contribution in [0.3, 0.4) is 0 Å². The van der Waals surface area contributed by atoms with Gasteiger partial charge >= 0.3 is 12.2 Å². The first-order valence-corrected chi connectivity index (χ1v) is 5.08. The van der Waals surface area contributed by atoms with Crippen LogP contribution >= 0.6 is 0 Å². The minimum atomic E-state index is -4.20. The third-order valence-electron chi connectivity index (χ3n) is 2.54. The lowest BCUT2D eigenvalue weighted by molar-refractivity contribution is -0.160. The fourth-order valence-corrected chi connectivity index (χ4v) is 1.56. The quantitative estimate of drug-likeness (QED) is 0.715. The molecule has 0 radical (unpaired) electrons. The van der Waals surface area contributed by atoms with Crippen molar-refractivity contribution >= 4 is 6.03 Å². The maximum Gasteiger partial charge on any atom is 0.403 e. The van der Waals surface area contributed by atoms with Crippen molar-refractivity contribution in [2.75, 3.05) is 20.6 Å². The Morgan fingerprint density at radius 1 is 1.38 bits per heavy atom. The molecule has 4 nitrogen and oxygen atoms in total. The first-order chi connectivity index (χ1) is 7.30. The number of carbonyl (C=O) groups excluding carboxylic acids is 1. The third-order valence-corrected chi connectivity index (χ3v) is 2.54. The predicted molar refractivity (Wildman–Crippen MR) is 53.1 cm³/mol. The van der Waals surface area contributed by atoms with E-state index in [9.17, 15) is 18.0 Å². The van der Waals surface area contributed by atoms with Crippen LogP contribution in [0.5, 0.6) is 0 Å². The molecule has 16 heavy (non-hydrogen) atoms. The minimum Gasteiger partial charge on any atom is -0.334 e. The minimum absolute atomic E-state index is 0.00186. The number of hydrogen-bond acceptors (Lipinski definition) is 2. The molecular weight excluding hydrogens is 223 g/mol. The fourth-order valence-electron chi connectivity index (χ4n) is 1.56. The summed E-state index contributed by atoms with van der Waals surface area (Å²) >= 11 is 0. The second-order valence-corrected chi connectivity index (χ2v) is 4.12. The summed E-state index contributed by atoms with van der Waals surface area (Å²) in [6.45, 7) is 0.157. The van der Waals surface area contributed by atoms with Gasteiger partial charge in [0.1, 0.15) is 6.04 Å². The van der Waals surface area contributed by atoms with Gasteiger partial charge in [0, 0.05) is 26.7 Å². The van der Waals surface area contributed by atoms with Crippen molar-refractivity contribution in [3.8, 4) is 0 Å². The number of hydrogen-bond donors (Lipinski definition) is 2. The number of alkyl halides is 3. The van der Waals surface area contributed by atoms with Crippen LogP contribution in [0.25, 0.3) is 0 Å². The Morgan fingerprint density at radius 2 is 2.00 bits per heavy atom. The van der Waals surface area contributed by atoms with Gasteiger partial charge in [0.15, 0.2) is 0 Å². The summed E-state index contributed by atoms with van der Waals surface area (Å²) in [5, 5.41) is 5.04. The first kappa shape index (κ1) is 13.1. The van der Waals surface area contributed by atoms with Crippen LogP contribution in [0.15, 0.2) is 0 Å². The van der Waals surface area contributed by atoms with Crippen LogP contribution in [0.4, 0.5) is 18.0 Å². The van der Waals surface area contributed by atoms with Gasteiger partial charge in [-0.05, 0) is 12.8 Å². The van der Waals surface area contributed by atoms with Gasteiger partial charge in [0.2, 0.25) is 0 Å². The van der Waals surface area contributed by atoms with E-state index in [0.29, 0.717) is 6.42 Å². The molecule has 0 aromatic carbocycles. The van der Waals surface area contributed by atoms with E-state index in [1.54, 1.807) is 14.1 Å². The highest BCUT2D eigenvalue weighted by molar-refractivity contribution is 5.73. The Kier molecular flexibility index (Phi) is 4.01. The molecule has 0 spiro atoms. The predicted octanol–water partition coefficient (Wildman–Crippen LogP) is 0.940. The van der Waals surface area contributed by atoms with Gasteiger partial charge < -0.3 is 15.5 Å².